The number of ether oxygens (including phenoxy) is 1. The first-order valence-electron chi connectivity index (χ1n) is 9.90. The van der Waals surface area contributed by atoms with Gasteiger partial charge in [0.25, 0.3) is 0 Å². The van der Waals surface area contributed by atoms with Crippen LogP contribution in [0.25, 0.3) is 0 Å². The molecule has 2 N–H and O–H groups in total. The summed E-state index contributed by atoms with van der Waals surface area (Å²) in [6.07, 6.45) is 3.65. The fraction of sp³-hybridized carbons (Fsp3) is 0.619. The van der Waals surface area contributed by atoms with Gasteiger partial charge in [-0.05, 0) is 77.2 Å². The number of benzene rings is 1. The van der Waals surface area contributed by atoms with E-state index in [1.54, 1.807) is 0 Å². The lowest BCUT2D eigenvalue weighted by Crippen LogP contribution is -2.40. The molecule has 0 atom stereocenters. The van der Waals surface area contributed by atoms with Crippen LogP contribution in [-0.2, 0) is 16.1 Å². The minimum atomic E-state index is -0.516. The molecule has 148 valence electrons. The van der Waals surface area contributed by atoms with Gasteiger partial charge in [0, 0.05) is 24.2 Å². The van der Waals surface area contributed by atoms with E-state index in [4.69, 9.17) is 4.74 Å². The first-order chi connectivity index (χ1) is 12.8. The smallest absolute Gasteiger partial charge is 0.412 e. The van der Waals surface area contributed by atoms with Crippen molar-refractivity contribution < 1.29 is 14.3 Å². The molecule has 0 bridgehead atoms. The summed E-state index contributed by atoms with van der Waals surface area (Å²) in [5, 5.41) is 5.91. The average molecular weight is 373 g/mol. The molecule has 6 nitrogen and oxygen atoms in total. The predicted molar refractivity (Wildman–Crippen MR) is 105 cm³/mol. The van der Waals surface area contributed by atoms with Crippen LogP contribution in [0.3, 0.4) is 0 Å². The molecule has 6 heteroatoms. The van der Waals surface area contributed by atoms with Crippen LogP contribution in [0.1, 0.15) is 52.0 Å². The third kappa shape index (κ3) is 6.54. The quantitative estimate of drug-likeness (QED) is 0.828. The van der Waals surface area contributed by atoms with Gasteiger partial charge in [-0.25, -0.2) is 4.79 Å². The van der Waals surface area contributed by atoms with Gasteiger partial charge in [-0.3, -0.25) is 15.0 Å². The Labute approximate surface area is 161 Å². The first kappa shape index (κ1) is 19.7. The summed E-state index contributed by atoms with van der Waals surface area (Å²) in [6, 6.07) is 8.29. The molecular weight excluding hydrogens is 342 g/mol. The molecule has 2 amide bonds. The SMILES string of the molecule is CC(C)(C)OC(=O)Nc1cccc(CN2CCC(C(=O)NC3CC3)CC2)c1. The van der Waals surface area contributed by atoms with Gasteiger partial charge < -0.3 is 10.1 Å². The number of amides is 2. The van der Waals surface area contributed by atoms with Crippen LogP contribution >= 0.6 is 0 Å². The average Bonchev–Trinajstić information content (AvgIpc) is 3.38. The van der Waals surface area contributed by atoms with Gasteiger partial charge in [0.15, 0.2) is 0 Å². The third-order valence-corrected chi connectivity index (χ3v) is 4.86. The monoisotopic (exact) mass is 373 g/mol. The van der Waals surface area contributed by atoms with Crippen molar-refractivity contribution in [2.24, 2.45) is 5.92 Å². The van der Waals surface area contributed by atoms with E-state index in [1.165, 1.54) is 0 Å². The van der Waals surface area contributed by atoms with E-state index >= 15 is 0 Å². The zero-order chi connectivity index (χ0) is 19.4. The van der Waals surface area contributed by atoms with Gasteiger partial charge in [-0.2, -0.15) is 0 Å². The Kier molecular flexibility index (Phi) is 6.05. The number of anilines is 1. The number of carbonyl (C=O) groups is 2. The number of hydrogen-bond acceptors (Lipinski definition) is 4. The molecule has 1 aromatic carbocycles. The standard InChI is InChI=1S/C21H31N3O3/c1-21(2,3)27-20(26)23-18-6-4-5-15(13-18)14-24-11-9-16(10-12-24)19(25)22-17-7-8-17/h4-6,13,16-17H,7-12,14H2,1-3H3,(H,22,25)(H,23,26). The fourth-order valence-electron chi connectivity index (χ4n) is 3.33. The van der Waals surface area contributed by atoms with Gasteiger partial charge in [0.05, 0.1) is 0 Å². The molecule has 0 aromatic heterocycles. The number of carbonyl (C=O) groups excluding carboxylic acids is 2. The van der Waals surface area contributed by atoms with E-state index in [2.05, 4.69) is 21.6 Å². The highest BCUT2D eigenvalue weighted by atomic mass is 16.6. The van der Waals surface area contributed by atoms with E-state index in [-0.39, 0.29) is 11.8 Å². The number of hydrogen-bond donors (Lipinski definition) is 2. The molecule has 2 fully saturated rings. The zero-order valence-corrected chi connectivity index (χ0v) is 16.6. The summed E-state index contributed by atoms with van der Waals surface area (Å²) >= 11 is 0. The van der Waals surface area contributed by atoms with Crippen molar-refractivity contribution in [3.05, 3.63) is 29.8 Å². The van der Waals surface area contributed by atoms with Gasteiger partial charge >= 0.3 is 6.09 Å². The van der Waals surface area contributed by atoms with Crippen LogP contribution in [0.5, 0.6) is 0 Å². The van der Waals surface area contributed by atoms with Crippen molar-refractivity contribution in [1.29, 1.82) is 0 Å². The predicted octanol–water partition coefficient (Wildman–Crippen LogP) is 3.52. The Balaban J connectivity index is 1.47. The highest BCUT2D eigenvalue weighted by molar-refractivity contribution is 5.85. The van der Waals surface area contributed by atoms with Crippen LogP contribution in [0.15, 0.2) is 24.3 Å². The van der Waals surface area contributed by atoms with Crippen LogP contribution in [0.4, 0.5) is 10.5 Å². The van der Waals surface area contributed by atoms with Gasteiger partial charge in [0.1, 0.15) is 5.60 Å². The number of rotatable bonds is 5. The van der Waals surface area contributed by atoms with Crippen LogP contribution < -0.4 is 10.6 Å². The lowest BCUT2D eigenvalue weighted by molar-refractivity contribution is -0.126. The molecule has 3 rings (SSSR count). The van der Waals surface area contributed by atoms with Crippen molar-refractivity contribution in [2.75, 3.05) is 18.4 Å². The molecule has 27 heavy (non-hydrogen) atoms. The minimum absolute atomic E-state index is 0.155. The van der Waals surface area contributed by atoms with Crippen molar-refractivity contribution >= 4 is 17.7 Å². The summed E-state index contributed by atoms with van der Waals surface area (Å²) in [6.45, 7) is 8.20. The maximum Gasteiger partial charge on any atom is 0.412 e. The molecule has 1 saturated carbocycles. The molecule has 1 saturated heterocycles. The van der Waals surface area contributed by atoms with E-state index in [9.17, 15) is 9.59 Å². The lowest BCUT2D eigenvalue weighted by Gasteiger charge is -2.31. The number of likely N-dealkylation sites (tertiary alicyclic amines) is 1. The highest BCUT2D eigenvalue weighted by Gasteiger charge is 2.29. The van der Waals surface area contributed by atoms with Crippen molar-refractivity contribution in [3.8, 4) is 0 Å². The van der Waals surface area contributed by atoms with Crippen molar-refractivity contribution in [1.82, 2.24) is 10.2 Å². The molecule has 1 heterocycles. The Morgan fingerprint density at radius 2 is 1.85 bits per heavy atom. The second-order valence-corrected chi connectivity index (χ2v) is 8.66. The lowest BCUT2D eigenvalue weighted by atomic mass is 9.95. The molecule has 2 aliphatic rings. The second kappa shape index (κ2) is 8.30. The van der Waals surface area contributed by atoms with Crippen LogP contribution in [-0.4, -0.2) is 41.6 Å². The Morgan fingerprint density at radius 1 is 1.15 bits per heavy atom. The second-order valence-electron chi connectivity index (χ2n) is 8.66. The molecule has 0 spiro atoms. The fourth-order valence-corrected chi connectivity index (χ4v) is 3.33. The molecule has 1 aromatic rings. The maximum atomic E-state index is 12.2. The maximum absolute atomic E-state index is 12.2. The number of piperidine rings is 1. The summed E-state index contributed by atoms with van der Waals surface area (Å²) in [5.41, 5.74) is 1.36. The largest absolute Gasteiger partial charge is 0.444 e. The van der Waals surface area contributed by atoms with E-state index < -0.39 is 11.7 Å². The highest BCUT2D eigenvalue weighted by Crippen LogP contribution is 2.24. The van der Waals surface area contributed by atoms with Gasteiger partial charge in [-0.1, -0.05) is 12.1 Å². The third-order valence-electron chi connectivity index (χ3n) is 4.86. The zero-order valence-electron chi connectivity index (χ0n) is 16.6. The van der Waals surface area contributed by atoms with E-state index in [1.807, 2.05) is 39.0 Å². The molecule has 1 aliphatic heterocycles. The van der Waals surface area contributed by atoms with Crippen molar-refractivity contribution in [3.63, 3.8) is 0 Å². The summed E-state index contributed by atoms with van der Waals surface area (Å²) in [7, 11) is 0. The Hall–Kier alpha value is -2.08. The minimum Gasteiger partial charge on any atom is -0.444 e. The Morgan fingerprint density at radius 3 is 2.48 bits per heavy atom. The summed E-state index contributed by atoms with van der Waals surface area (Å²) < 4.78 is 5.30. The van der Waals surface area contributed by atoms with E-state index in [0.717, 1.165) is 56.6 Å². The van der Waals surface area contributed by atoms with Gasteiger partial charge in [-0.15, -0.1) is 0 Å². The van der Waals surface area contributed by atoms with Crippen LogP contribution in [0, 0.1) is 5.92 Å². The molecular formula is C21H31N3O3. The van der Waals surface area contributed by atoms with Gasteiger partial charge in [0.2, 0.25) is 5.91 Å². The molecule has 1 aliphatic carbocycles. The first-order valence-corrected chi connectivity index (χ1v) is 9.90. The Bertz CT molecular complexity index is 671. The normalized spacial score (nSPS) is 18.8. The summed E-state index contributed by atoms with van der Waals surface area (Å²) in [4.78, 5) is 26.5. The molecule has 0 radical (unpaired) electrons. The van der Waals surface area contributed by atoms with Crippen LogP contribution in [0.2, 0.25) is 0 Å². The topological polar surface area (TPSA) is 70.7 Å². The number of nitrogens with one attached hydrogen (secondary N) is 2. The number of nitrogens with zero attached hydrogens (tertiary/aromatic N) is 1. The molecule has 0 unspecified atom stereocenters. The summed E-state index contributed by atoms with van der Waals surface area (Å²) in [5.74, 6) is 0.391. The van der Waals surface area contributed by atoms with E-state index in [0.29, 0.717) is 6.04 Å². The van der Waals surface area contributed by atoms with Crippen molar-refractivity contribution in [2.45, 2.75) is 64.6 Å².